The summed E-state index contributed by atoms with van der Waals surface area (Å²) in [5.41, 5.74) is 4.00. The van der Waals surface area contributed by atoms with Crippen LogP contribution in [0.3, 0.4) is 0 Å². The number of aryl methyl sites for hydroxylation is 2. The Morgan fingerprint density at radius 2 is 1.70 bits per heavy atom. The van der Waals surface area contributed by atoms with Gasteiger partial charge in [0.1, 0.15) is 5.76 Å². The summed E-state index contributed by atoms with van der Waals surface area (Å²) in [7, 11) is 0. The van der Waals surface area contributed by atoms with Crippen LogP contribution in [0.15, 0.2) is 77.2 Å². The lowest BCUT2D eigenvalue weighted by atomic mass is 10.0. The lowest BCUT2D eigenvalue weighted by Gasteiger charge is -2.19. The maximum absolute atomic E-state index is 12.8. The Balaban J connectivity index is 1.45. The molecular formula is C24H19Cl2NO2S. The van der Waals surface area contributed by atoms with Crippen LogP contribution in [0.2, 0.25) is 10.0 Å². The van der Waals surface area contributed by atoms with E-state index in [0.717, 1.165) is 28.9 Å². The van der Waals surface area contributed by atoms with E-state index in [1.807, 2.05) is 60.7 Å². The Kier molecular flexibility index (Phi) is 6.38. The molecule has 0 spiro atoms. The molecule has 0 fully saturated rings. The van der Waals surface area contributed by atoms with Crippen LogP contribution in [0.1, 0.15) is 16.7 Å². The molecule has 0 atom stereocenters. The topological polar surface area (TPSA) is 49.3 Å². The van der Waals surface area contributed by atoms with E-state index in [2.05, 4.69) is 5.32 Å². The Morgan fingerprint density at radius 1 is 0.933 bits per heavy atom. The molecule has 3 nitrogen and oxygen atoms in total. The van der Waals surface area contributed by atoms with E-state index in [1.165, 1.54) is 0 Å². The standard InChI is InChI=1S/C24H19Cl2NO2S/c25-20-11-10-16(13-21(20)26)9-8-15-4-3-5-17(12-15)27-24(29)19-14-30-22-7-2-1-6-18(22)23(19)28/h1-7,10-13,28H,8-9,14H2,(H,27,29). The summed E-state index contributed by atoms with van der Waals surface area (Å²) in [5.74, 6) is 0.208. The Bertz CT molecular complexity index is 1140. The molecule has 30 heavy (non-hydrogen) atoms. The molecule has 3 aromatic carbocycles. The second-order valence-electron chi connectivity index (χ2n) is 7.01. The molecule has 0 aromatic heterocycles. The van der Waals surface area contributed by atoms with Crippen LogP contribution in [0.4, 0.5) is 5.69 Å². The molecule has 0 unspecified atom stereocenters. The van der Waals surface area contributed by atoms with Crippen LogP contribution >= 0.6 is 35.0 Å². The molecule has 0 saturated heterocycles. The van der Waals surface area contributed by atoms with Crippen molar-refractivity contribution in [1.29, 1.82) is 0 Å². The van der Waals surface area contributed by atoms with Crippen molar-refractivity contribution in [2.24, 2.45) is 0 Å². The van der Waals surface area contributed by atoms with Gasteiger partial charge in [-0.05, 0) is 54.3 Å². The molecule has 0 aliphatic carbocycles. The summed E-state index contributed by atoms with van der Waals surface area (Å²) in [6.07, 6.45) is 1.62. The highest BCUT2D eigenvalue weighted by atomic mass is 35.5. The van der Waals surface area contributed by atoms with Crippen LogP contribution in [0.5, 0.6) is 0 Å². The van der Waals surface area contributed by atoms with Gasteiger partial charge in [0.05, 0.1) is 15.6 Å². The number of carbonyl (C=O) groups is 1. The van der Waals surface area contributed by atoms with Crippen molar-refractivity contribution < 1.29 is 9.90 Å². The van der Waals surface area contributed by atoms with Gasteiger partial charge in [-0.3, -0.25) is 4.79 Å². The molecule has 0 radical (unpaired) electrons. The number of rotatable bonds is 5. The van der Waals surface area contributed by atoms with Gasteiger partial charge in [0.15, 0.2) is 0 Å². The van der Waals surface area contributed by atoms with Crippen molar-refractivity contribution in [2.45, 2.75) is 17.7 Å². The van der Waals surface area contributed by atoms with E-state index < -0.39 is 0 Å². The number of amides is 1. The largest absolute Gasteiger partial charge is 0.507 e. The van der Waals surface area contributed by atoms with E-state index in [0.29, 0.717) is 32.6 Å². The zero-order valence-electron chi connectivity index (χ0n) is 16.0. The summed E-state index contributed by atoms with van der Waals surface area (Å²) in [6, 6.07) is 20.9. The molecule has 0 bridgehead atoms. The fraction of sp³-hybridized carbons (Fsp3) is 0.125. The van der Waals surface area contributed by atoms with Gasteiger partial charge in [-0.2, -0.15) is 0 Å². The minimum absolute atomic E-state index is 0.0534. The first kappa shape index (κ1) is 20.9. The van der Waals surface area contributed by atoms with Gasteiger partial charge >= 0.3 is 0 Å². The quantitative estimate of drug-likeness (QED) is 0.444. The van der Waals surface area contributed by atoms with Gasteiger partial charge in [-0.25, -0.2) is 0 Å². The first-order chi connectivity index (χ1) is 14.5. The Labute approximate surface area is 189 Å². The highest BCUT2D eigenvalue weighted by Crippen LogP contribution is 2.36. The molecule has 1 aliphatic rings. The molecule has 152 valence electrons. The van der Waals surface area contributed by atoms with Crippen molar-refractivity contribution in [3.05, 3.63) is 99.0 Å². The fourth-order valence-corrected chi connectivity index (χ4v) is 4.72. The van der Waals surface area contributed by atoms with Crippen molar-refractivity contribution >= 4 is 52.3 Å². The molecule has 4 rings (SSSR count). The minimum Gasteiger partial charge on any atom is -0.507 e. The van der Waals surface area contributed by atoms with Gasteiger partial charge in [0, 0.05) is 21.9 Å². The number of hydrogen-bond donors (Lipinski definition) is 2. The van der Waals surface area contributed by atoms with E-state index in [9.17, 15) is 9.90 Å². The Hall–Kier alpha value is -2.40. The summed E-state index contributed by atoms with van der Waals surface area (Å²) in [4.78, 5) is 13.8. The first-order valence-corrected chi connectivity index (χ1v) is 11.2. The molecule has 1 aliphatic heterocycles. The third-order valence-electron chi connectivity index (χ3n) is 4.95. The first-order valence-electron chi connectivity index (χ1n) is 9.50. The van der Waals surface area contributed by atoms with Crippen LogP contribution in [0.25, 0.3) is 5.76 Å². The summed E-state index contributed by atoms with van der Waals surface area (Å²) in [5, 5.41) is 14.6. The molecule has 0 saturated carbocycles. The number of aliphatic hydroxyl groups excluding tert-OH is 1. The predicted octanol–water partition coefficient (Wildman–Crippen LogP) is 6.79. The number of halogens is 2. The normalized spacial score (nSPS) is 13.1. The van der Waals surface area contributed by atoms with Crippen molar-refractivity contribution in [3.8, 4) is 0 Å². The van der Waals surface area contributed by atoms with Crippen LogP contribution in [0, 0.1) is 0 Å². The number of thioether (sulfide) groups is 1. The summed E-state index contributed by atoms with van der Waals surface area (Å²) < 4.78 is 0. The number of aliphatic hydroxyl groups is 1. The molecule has 1 amide bonds. The average molecular weight is 456 g/mol. The number of carbonyl (C=O) groups excluding carboxylic acids is 1. The Morgan fingerprint density at radius 3 is 2.50 bits per heavy atom. The second-order valence-corrected chi connectivity index (χ2v) is 8.85. The SMILES string of the molecule is O=C(Nc1cccc(CCc2ccc(Cl)c(Cl)c2)c1)C1=C(O)c2ccccc2SC1. The summed E-state index contributed by atoms with van der Waals surface area (Å²) in [6.45, 7) is 0. The van der Waals surface area contributed by atoms with Gasteiger partial charge < -0.3 is 10.4 Å². The molecule has 1 heterocycles. The lowest BCUT2D eigenvalue weighted by Crippen LogP contribution is -2.19. The predicted molar refractivity (Wildman–Crippen MR) is 126 cm³/mol. The molecule has 2 N–H and O–H groups in total. The fourth-order valence-electron chi connectivity index (χ4n) is 3.34. The van der Waals surface area contributed by atoms with Crippen LogP contribution in [-0.2, 0) is 17.6 Å². The second kappa shape index (κ2) is 9.17. The maximum Gasteiger partial charge on any atom is 0.256 e. The number of benzene rings is 3. The van der Waals surface area contributed by atoms with Gasteiger partial charge in [-0.15, -0.1) is 11.8 Å². The smallest absolute Gasteiger partial charge is 0.256 e. The highest BCUT2D eigenvalue weighted by Gasteiger charge is 2.23. The van der Waals surface area contributed by atoms with Crippen LogP contribution in [-0.4, -0.2) is 16.8 Å². The maximum atomic E-state index is 12.8. The lowest BCUT2D eigenvalue weighted by molar-refractivity contribution is -0.112. The number of nitrogens with one attached hydrogen (secondary N) is 1. The third kappa shape index (κ3) is 4.67. The minimum atomic E-state index is -0.281. The van der Waals surface area contributed by atoms with E-state index >= 15 is 0 Å². The van der Waals surface area contributed by atoms with Crippen LogP contribution < -0.4 is 5.32 Å². The molecular weight excluding hydrogens is 437 g/mol. The zero-order valence-corrected chi connectivity index (χ0v) is 18.3. The third-order valence-corrected chi connectivity index (χ3v) is 6.78. The zero-order chi connectivity index (χ0) is 21.1. The van der Waals surface area contributed by atoms with Gasteiger partial charge in [0.25, 0.3) is 5.91 Å². The van der Waals surface area contributed by atoms with E-state index in [-0.39, 0.29) is 11.7 Å². The van der Waals surface area contributed by atoms with E-state index in [1.54, 1.807) is 17.8 Å². The number of hydrogen-bond acceptors (Lipinski definition) is 3. The monoisotopic (exact) mass is 455 g/mol. The number of fused-ring (bicyclic) bond motifs is 1. The van der Waals surface area contributed by atoms with Crippen molar-refractivity contribution in [1.82, 2.24) is 0 Å². The van der Waals surface area contributed by atoms with Gasteiger partial charge in [0.2, 0.25) is 0 Å². The molecule has 6 heteroatoms. The number of anilines is 1. The average Bonchev–Trinajstić information content (AvgIpc) is 2.75. The van der Waals surface area contributed by atoms with Crippen molar-refractivity contribution in [2.75, 3.05) is 11.1 Å². The highest BCUT2D eigenvalue weighted by molar-refractivity contribution is 7.99. The summed E-state index contributed by atoms with van der Waals surface area (Å²) >= 11 is 13.6. The van der Waals surface area contributed by atoms with Gasteiger partial charge in [-0.1, -0.05) is 59.6 Å². The molecule has 3 aromatic rings. The van der Waals surface area contributed by atoms with E-state index in [4.69, 9.17) is 23.2 Å². The van der Waals surface area contributed by atoms with Crippen molar-refractivity contribution in [3.63, 3.8) is 0 Å².